The van der Waals surface area contributed by atoms with Crippen molar-refractivity contribution in [3.8, 4) is 28.5 Å². The van der Waals surface area contributed by atoms with Crippen LogP contribution in [0.4, 0.5) is 0 Å². The lowest BCUT2D eigenvalue weighted by Gasteiger charge is -2.13. The van der Waals surface area contributed by atoms with Crippen molar-refractivity contribution in [3.05, 3.63) is 40.5 Å². The molecule has 0 atom stereocenters. The molecule has 0 spiro atoms. The van der Waals surface area contributed by atoms with Crippen LogP contribution in [0.5, 0.6) is 17.2 Å². The first-order chi connectivity index (χ1) is 12.5. The maximum absolute atomic E-state index is 9.81. The van der Waals surface area contributed by atoms with Crippen LogP contribution in [0.2, 0.25) is 0 Å². The molecule has 0 aliphatic rings. The molecule has 0 unspecified atom stereocenters. The Bertz CT molecular complexity index is 1150. The highest BCUT2D eigenvalue weighted by Crippen LogP contribution is 2.40. The van der Waals surface area contributed by atoms with Gasteiger partial charge >= 0.3 is 0 Å². The van der Waals surface area contributed by atoms with Gasteiger partial charge in [-0.3, -0.25) is 5.10 Å². The third-order valence-corrected chi connectivity index (χ3v) is 5.05. The van der Waals surface area contributed by atoms with Crippen LogP contribution in [0.3, 0.4) is 0 Å². The predicted octanol–water partition coefficient (Wildman–Crippen LogP) is 4.57. The number of phenols is 1. The summed E-state index contributed by atoms with van der Waals surface area (Å²) in [7, 11) is 3.22. The number of pyridine rings is 1. The van der Waals surface area contributed by atoms with Gasteiger partial charge in [-0.1, -0.05) is 0 Å². The first-order valence-electron chi connectivity index (χ1n) is 7.92. The second-order valence-electron chi connectivity index (χ2n) is 5.93. The van der Waals surface area contributed by atoms with Crippen LogP contribution in [-0.2, 0) is 0 Å². The summed E-state index contributed by atoms with van der Waals surface area (Å²) in [5, 5.41) is 20.0. The van der Waals surface area contributed by atoms with E-state index in [-0.39, 0.29) is 5.75 Å². The third-order valence-electron chi connectivity index (χ3n) is 4.42. The van der Waals surface area contributed by atoms with E-state index in [0.29, 0.717) is 21.6 Å². The minimum atomic E-state index is 0.175. The number of hydrogen-bond donors (Lipinski definition) is 2. The zero-order valence-corrected chi connectivity index (χ0v) is 16.0. The van der Waals surface area contributed by atoms with Crippen molar-refractivity contribution in [2.75, 3.05) is 14.2 Å². The van der Waals surface area contributed by atoms with Crippen molar-refractivity contribution < 1.29 is 14.6 Å². The van der Waals surface area contributed by atoms with E-state index in [4.69, 9.17) is 14.5 Å². The fourth-order valence-electron chi connectivity index (χ4n) is 3.14. The first kappa shape index (κ1) is 16.7. The number of phenolic OH excluding ortho intramolecular Hbond substituents is 1. The highest BCUT2D eigenvalue weighted by molar-refractivity contribution is 9.10. The normalized spacial score (nSPS) is 11.2. The topological polar surface area (TPSA) is 80.3 Å². The molecule has 2 N–H and O–H groups in total. The van der Waals surface area contributed by atoms with Crippen molar-refractivity contribution in [1.82, 2.24) is 15.2 Å². The second kappa shape index (κ2) is 6.17. The highest BCUT2D eigenvalue weighted by Gasteiger charge is 2.18. The van der Waals surface area contributed by atoms with E-state index in [1.807, 2.05) is 31.2 Å². The molecular weight excluding hydrogens is 398 g/mol. The zero-order valence-electron chi connectivity index (χ0n) is 14.4. The number of aromatic hydroxyl groups is 1. The van der Waals surface area contributed by atoms with Crippen molar-refractivity contribution >= 4 is 37.7 Å². The molecule has 7 heteroatoms. The molecule has 0 aliphatic carbocycles. The number of ether oxygens (including phenoxy) is 2. The Kier molecular flexibility index (Phi) is 3.96. The van der Waals surface area contributed by atoms with Crippen LogP contribution in [0, 0.1) is 6.92 Å². The molecule has 6 nitrogen and oxygen atoms in total. The van der Waals surface area contributed by atoms with Gasteiger partial charge in [0.2, 0.25) is 0 Å². The van der Waals surface area contributed by atoms with Crippen LogP contribution in [0.25, 0.3) is 33.1 Å². The maximum Gasteiger partial charge on any atom is 0.182 e. The fourth-order valence-corrected chi connectivity index (χ4v) is 3.52. The van der Waals surface area contributed by atoms with Crippen molar-refractivity contribution in [3.63, 3.8) is 0 Å². The molecule has 0 fully saturated rings. The second-order valence-corrected chi connectivity index (χ2v) is 6.78. The molecule has 0 amide bonds. The molecule has 0 radical (unpaired) electrons. The number of fused-ring (bicyclic) bond motifs is 3. The van der Waals surface area contributed by atoms with E-state index in [1.165, 1.54) is 0 Å². The molecular formula is C19H16BrN3O3. The van der Waals surface area contributed by atoms with Crippen LogP contribution in [0.1, 0.15) is 5.69 Å². The summed E-state index contributed by atoms with van der Waals surface area (Å²) in [5.41, 5.74) is 3.17. The molecule has 26 heavy (non-hydrogen) atoms. The summed E-state index contributed by atoms with van der Waals surface area (Å²) in [5.74, 6) is 1.45. The smallest absolute Gasteiger partial charge is 0.182 e. The van der Waals surface area contributed by atoms with Crippen molar-refractivity contribution in [1.29, 1.82) is 0 Å². The third kappa shape index (κ3) is 2.47. The van der Waals surface area contributed by atoms with Crippen LogP contribution >= 0.6 is 15.9 Å². The summed E-state index contributed by atoms with van der Waals surface area (Å²) in [4.78, 5) is 4.75. The highest BCUT2D eigenvalue weighted by atomic mass is 79.9. The molecule has 132 valence electrons. The van der Waals surface area contributed by atoms with Crippen LogP contribution in [-0.4, -0.2) is 34.5 Å². The molecule has 4 rings (SSSR count). The van der Waals surface area contributed by atoms with Crippen molar-refractivity contribution in [2.24, 2.45) is 0 Å². The quantitative estimate of drug-likeness (QED) is 0.513. The van der Waals surface area contributed by atoms with E-state index < -0.39 is 0 Å². The van der Waals surface area contributed by atoms with E-state index in [9.17, 15) is 5.11 Å². The van der Waals surface area contributed by atoms with Gasteiger partial charge in [0.15, 0.2) is 17.1 Å². The number of rotatable bonds is 3. The minimum absolute atomic E-state index is 0.175. The Morgan fingerprint density at radius 3 is 2.38 bits per heavy atom. The predicted molar refractivity (Wildman–Crippen MR) is 104 cm³/mol. The van der Waals surface area contributed by atoms with Gasteiger partial charge in [-0.2, -0.15) is 5.10 Å². The monoisotopic (exact) mass is 413 g/mol. The number of nitrogens with zero attached hydrogens (tertiary/aromatic N) is 2. The van der Waals surface area contributed by atoms with Gasteiger partial charge in [0, 0.05) is 27.4 Å². The van der Waals surface area contributed by atoms with E-state index >= 15 is 0 Å². The molecule has 2 heterocycles. The van der Waals surface area contributed by atoms with Gasteiger partial charge in [0.05, 0.1) is 24.4 Å². The minimum Gasteiger partial charge on any atom is -0.507 e. The summed E-state index contributed by atoms with van der Waals surface area (Å²) in [6, 6.07) is 9.15. The van der Waals surface area contributed by atoms with Gasteiger partial charge < -0.3 is 14.6 Å². The number of halogens is 1. The Morgan fingerprint density at radius 2 is 1.73 bits per heavy atom. The molecule has 0 saturated carbocycles. The Morgan fingerprint density at radius 1 is 1.04 bits per heavy atom. The number of aromatic amines is 1. The number of methoxy groups -OCH3 is 2. The van der Waals surface area contributed by atoms with Crippen LogP contribution in [0.15, 0.2) is 34.8 Å². The first-order valence-corrected chi connectivity index (χ1v) is 8.72. The summed E-state index contributed by atoms with van der Waals surface area (Å²) in [6.07, 6.45) is 0. The Labute approximate surface area is 157 Å². The summed E-state index contributed by atoms with van der Waals surface area (Å²) in [6.45, 7) is 1.96. The molecule has 4 aromatic rings. The number of aryl methyl sites for hydroxylation is 1. The molecule has 0 saturated heterocycles. The molecule has 0 aliphatic heterocycles. The largest absolute Gasteiger partial charge is 0.507 e. The Hall–Kier alpha value is -2.80. The number of hydrogen-bond acceptors (Lipinski definition) is 5. The van der Waals surface area contributed by atoms with Gasteiger partial charge in [-0.25, -0.2) is 4.98 Å². The van der Waals surface area contributed by atoms with E-state index in [0.717, 1.165) is 33.1 Å². The van der Waals surface area contributed by atoms with Gasteiger partial charge in [0.1, 0.15) is 5.75 Å². The zero-order chi connectivity index (χ0) is 18.4. The number of H-pyrrole nitrogens is 1. The average molecular weight is 414 g/mol. The summed E-state index contributed by atoms with van der Waals surface area (Å²) >= 11 is 3.37. The number of nitrogens with one attached hydrogen (secondary N) is 1. The van der Waals surface area contributed by atoms with Crippen LogP contribution < -0.4 is 9.47 Å². The van der Waals surface area contributed by atoms with E-state index in [2.05, 4.69) is 26.1 Å². The SMILES string of the molecule is COc1cc2c(-c3ccc(O)c(Br)c3)nc3n[nH]c(C)c3c2cc1OC. The van der Waals surface area contributed by atoms with Gasteiger partial charge in [0.25, 0.3) is 0 Å². The van der Waals surface area contributed by atoms with Gasteiger partial charge in [-0.05, 0) is 53.2 Å². The lowest BCUT2D eigenvalue weighted by atomic mass is 10.00. The molecule has 2 aromatic carbocycles. The molecule has 0 bridgehead atoms. The van der Waals surface area contributed by atoms with E-state index in [1.54, 1.807) is 20.3 Å². The number of aromatic nitrogens is 3. The lowest BCUT2D eigenvalue weighted by Crippen LogP contribution is -1.94. The summed E-state index contributed by atoms with van der Waals surface area (Å²) < 4.78 is 11.6. The molecule has 2 aromatic heterocycles. The van der Waals surface area contributed by atoms with Crippen molar-refractivity contribution in [2.45, 2.75) is 6.92 Å². The van der Waals surface area contributed by atoms with Gasteiger partial charge in [-0.15, -0.1) is 0 Å². The maximum atomic E-state index is 9.81. The Balaban J connectivity index is 2.15. The lowest BCUT2D eigenvalue weighted by molar-refractivity contribution is 0.356. The fraction of sp³-hybridized carbons (Fsp3) is 0.158. The standard InChI is InChI=1S/C19H16BrN3O3/c1-9-17-11-7-15(25-2)16(26-3)8-12(11)18(21-19(17)23-22-9)10-4-5-14(24)13(20)6-10/h4-8,24H,1-3H3,(H,21,22,23). The number of benzene rings is 2. The average Bonchev–Trinajstić information content (AvgIpc) is 3.03.